The molecule has 0 aliphatic heterocycles. The fourth-order valence-corrected chi connectivity index (χ4v) is 1.18. The fraction of sp³-hybridized carbons (Fsp3) is 0.600. The van der Waals surface area contributed by atoms with Crippen LogP contribution in [0.2, 0.25) is 0 Å². The number of anilines is 1. The van der Waals surface area contributed by atoms with Gasteiger partial charge < -0.3 is 14.8 Å². The second-order valence-electron chi connectivity index (χ2n) is 3.34. The van der Waals surface area contributed by atoms with Crippen LogP contribution in [0.1, 0.15) is 6.92 Å². The van der Waals surface area contributed by atoms with Gasteiger partial charge in [0.1, 0.15) is 12.2 Å². The summed E-state index contributed by atoms with van der Waals surface area (Å²) in [5.74, 6) is -0.430. The highest BCUT2D eigenvalue weighted by Gasteiger charge is 2.13. The van der Waals surface area contributed by atoms with Crippen molar-refractivity contribution in [3.05, 3.63) is 6.20 Å². The van der Waals surface area contributed by atoms with Crippen LogP contribution in [0.4, 0.5) is 14.5 Å². The molecular weight excluding hydrogens is 248 g/mol. The summed E-state index contributed by atoms with van der Waals surface area (Å²) in [6.45, 7) is 1.57. The Balaban J connectivity index is 2.68. The number of methoxy groups -OCH3 is 1. The van der Waals surface area contributed by atoms with Crippen LogP contribution in [0, 0.1) is 0 Å². The van der Waals surface area contributed by atoms with E-state index in [1.165, 1.54) is 11.8 Å². The molecule has 0 bridgehead atoms. The molecule has 0 unspecified atom stereocenters. The van der Waals surface area contributed by atoms with Crippen molar-refractivity contribution in [1.29, 1.82) is 0 Å². The average molecular weight is 263 g/mol. The smallest absolute Gasteiger partial charge is 0.325 e. The Hall–Kier alpha value is -1.86. The molecule has 0 saturated heterocycles. The summed E-state index contributed by atoms with van der Waals surface area (Å²) in [7, 11) is 1.26. The molecule has 0 aliphatic rings. The maximum Gasteiger partial charge on any atom is 0.325 e. The van der Waals surface area contributed by atoms with E-state index >= 15 is 0 Å². The number of aryl methyl sites for hydroxylation is 1. The summed E-state index contributed by atoms with van der Waals surface area (Å²) >= 11 is 0. The van der Waals surface area contributed by atoms with Gasteiger partial charge in [-0.1, -0.05) is 0 Å². The van der Waals surface area contributed by atoms with Crippen molar-refractivity contribution < 1.29 is 23.0 Å². The molecule has 6 nitrogen and oxygen atoms in total. The highest BCUT2D eigenvalue weighted by atomic mass is 19.3. The van der Waals surface area contributed by atoms with Crippen molar-refractivity contribution in [3.63, 3.8) is 0 Å². The van der Waals surface area contributed by atoms with Gasteiger partial charge in [-0.3, -0.25) is 9.48 Å². The minimum absolute atomic E-state index is 0.0426. The molecule has 102 valence electrons. The Labute approximate surface area is 103 Å². The quantitative estimate of drug-likeness (QED) is 0.747. The second-order valence-corrected chi connectivity index (χ2v) is 3.34. The topological polar surface area (TPSA) is 65.4 Å². The van der Waals surface area contributed by atoms with Gasteiger partial charge in [-0.05, 0) is 6.92 Å². The summed E-state index contributed by atoms with van der Waals surface area (Å²) in [5.41, 5.74) is 0.378. The van der Waals surface area contributed by atoms with E-state index in [1.807, 2.05) is 6.92 Å². The molecular formula is C10H15F2N3O3. The maximum absolute atomic E-state index is 12.1. The Morgan fingerprint density at radius 1 is 1.61 bits per heavy atom. The first-order valence-electron chi connectivity index (χ1n) is 5.35. The molecule has 0 fully saturated rings. The van der Waals surface area contributed by atoms with Gasteiger partial charge in [0.05, 0.1) is 13.3 Å². The number of hydrogen-bond acceptors (Lipinski definition) is 5. The number of nitrogens with one attached hydrogen (secondary N) is 1. The molecule has 1 rings (SSSR count). The lowest BCUT2D eigenvalue weighted by Gasteiger charge is -2.06. The molecule has 1 aromatic heterocycles. The lowest BCUT2D eigenvalue weighted by atomic mass is 10.5. The lowest BCUT2D eigenvalue weighted by molar-refractivity contribution is -0.138. The van der Waals surface area contributed by atoms with Crippen molar-refractivity contribution in [2.75, 3.05) is 25.6 Å². The SMILES string of the molecule is CCn1cc(NCC(=O)OC)c(OCC(F)F)n1. The number of esters is 1. The van der Waals surface area contributed by atoms with Crippen LogP contribution >= 0.6 is 0 Å². The molecule has 0 amide bonds. The fourth-order valence-electron chi connectivity index (χ4n) is 1.18. The average Bonchev–Trinajstić information content (AvgIpc) is 2.75. The van der Waals surface area contributed by atoms with Crippen molar-refractivity contribution in [3.8, 4) is 5.88 Å². The minimum atomic E-state index is -2.58. The van der Waals surface area contributed by atoms with Crippen LogP contribution in [-0.4, -0.2) is 42.4 Å². The van der Waals surface area contributed by atoms with Gasteiger partial charge in [0.25, 0.3) is 12.3 Å². The van der Waals surface area contributed by atoms with Crippen molar-refractivity contribution in [2.45, 2.75) is 19.9 Å². The van der Waals surface area contributed by atoms with Crippen LogP contribution < -0.4 is 10.1 Å². The number of rotatable bonds is 7. The molecule has 8 heteroatoms. The van der Waals surface area contributed by atoms with Crippen LogP contribution in [0.25, 0.3) is 0 Å². The molecule has 0 atom stereocenters. The Bertz CT molecular complexity index is 396. The Morgan fingerprint density at radius 3 is 2.89 bits per heavy atom. The first-order valence-corrected chi connectivity index (χ1v) is 5.35. The predicted octanol–water partition coefficient (Wildman–Crippen LogP) is 1.13. The van der Waals surface area contributed by atoms with E-state index in [0.717, 1.165) is 0 Å². The number of alkyl halides is 2. The van der Waals surface area contributed by atoms with Crippen molar-refractivity contribution >= 4 is 11.7 Å². The van der Waals surface area contributed by atoms with E-state index in [-0.39, 0.29) is 12.4 Å². The molecule has 1 heterocycles. The van der Waals surface area contributed by atoms with Crippen LogP contribution in [0.3, 0.4) is 0 Å². The van der Waals surface area contributed by atoms with Crippen molar-refractivity contribution in [2.24, 2.45) is 0 Å². The number of halogens is 2. The zero-order valence-corrected chi connectivity index (χ0v) is 10.2. The van der Waals surface area contributed by atoms with Gasteiger partial charge in [-0.15, -0.1) is 5.10 Å². The van der Waals surface area contributed by atoms with E-state index in [4.69, 9.17) is 4.74 Å². The largest absolute Gasteiger partial charge is 0.469 e. The molecule has 0 saturated carbocycles. The molecule has 0 aliphatic carbocycles. The first-order chi connectivity index (χ1) is 8.56. The third kappa shape index (κ3) is 4.19. The molecule has 0 radical (unpaired) electrons. The van der Waals surface area contributed by atoms with E-state index in [9.17, 15) is 13.6 Å². The molecule has 0 spiro atoms. The summed E-state index contributed by atoms with van der Waals surface area (Å²) < 4.78 is 34.9. The zero-order chi connectivity index (χ0) is 13.5. The monoisotopic (exact) mass is 263 g/mol. The normalized spacial score (nSPS) is 10.5. The molecule has 1 aromatic rings. The highest BCUT2D eigenvalue weighted by Crippen LogP contribution is 2.22. The Morgan fingerprint density at radius 2 is 2.33 bits per heavy atom. The van der Waals surface area contributed by atoms with Gasteiger partial charge in [0.2, 0.25) is 0 Å². The van der Waals surface area contributed by atoms with E-state index in [0.29, 0.717) is 12.2 Å². The van der Waals surface area contributed by atoms with Crippen LogP contribution in [0.5, 0.6) is 5.88 Å². The number of hydrogen-bond donors (Lipinski definition) is 1. The van der Waals surface area contributed by atoms with Crippen LogP contribution in [-0.2, 0) is 16.1 Å². The highest BCUT2D eigenvalue weighted by molar-refractivity contribution is 5.75. The Kier molecular flexibility index (Phi) is 5.34. The van der Waals surface area contributed by atoms with Gasteiger partial charge in [-0.25, -0.2) is 8.78 Å². The number of carbonyl (C=O) groups is 1. The van der Waals surface area contributed by atoms with E-state index in [2.05, 4.69) is 15.2 Å². The van der Waals surface area contributed by atoms with Gasteiger partial charge in [-0.2, -0.15) is 0 Å². The summed E-state index contributed by atoms with van der Waals surface area (Å²) in [5, 5.41) is 6.67. The number of aromatic nitrogens is 2. The number of nitrogens with zero attached hydrogens (tertiary/aromatic N) is 2. The van der Waals surface area contributed by atoms with E-state index < -0.39 is 19.0 Å². The lowest BCUT2D eigenvalue weighted by Crippen LogP contribution is -2.15. The maximum atomic E-state index is 12.1. The van der Waals surface area contributed by atoms with Gasteiger partial charge >= 0.3 is 5.97 Å². The zero-order valence-electron chi connectivity index (χ0n) is 10.2. The number of ether oxygens (including phenoxy) is 2. The summed E-state index contributed by atoms with van der Waals surface area (Å²) in [4.78, 5) is 11.0. The summed E-state index contributed by atoms with van der Waals surface area (Å²) in [6, 6.07) is 0. The van der Waals surface area contributed by atoms with Crippen molar-refractivity contribution in [1.82, 2.24) is 9.78 Å². The van der Waals surface area contributed by atoms with Gasteiger partial charge in [0, 0.05) is 6.54 Å². The minimum Gasteiger partial charge on any atom is -0.469 e. The van der Waals surface area contributed by atoms with E-state index in [1.54, 1.807) is 6.20 Å². The third-order valence-corrected chi connectivity index (χ3v) is 2.05. The molecule has 18 heavy (non-hydrogen) atoms. The first kappa shape index (κ1) is 14.2. The standard InChI is InChI=1S/C10H15F2N3O3/c1-3-15-5-7(13-4-9(16)17-2)10(14-15)18-6-8(11)12/h5,8,13H,3-4,6H2,1-2H3. The third-order valence-electron chi connectivity index (χ3n) is 2.05. The summed E-state index contributed by atoms with van der Waals surface area (Å²) in [6.07, 6.45) is -1.01. The predicted molar refractivity (Wildman–Crippen MR) is 59.9 cm³/mol. The van der Waals surface area contributed by atoms with Gasteiger partial charge in [0.15, 0.2) is 6.61 Å². The second kappa shape index (κ2) is 6.77. The molecule has 1 N–H and O–H groups in total. The van der Waals surface area contributed by atoms with Crippen LogP contribution in [0.15, 0.2) is 6.20 Å². The molecule has 0 aromatic carbocycles. The number of carbonyl (C=O) groups excluding carboxylic acids is 1.